The van der Waals surface area contributed by atoms with Crippen LogP contribution < -0.4 is 10.6 Å². The van der Waals surface area contributed by atoms with Crippen molar-refractivity contribution in [2.45, 2.75) is 26.4 Å². The molecule has 8 nitrogen and oxygen atoms in total. The van der Waals surface area contributed by atoms with Gasteiger partial charge in [-0.15, -0.1) is 0 Å². The first kappa shape index (κ1) is 19.6. The number of aryl methyl sites for hydroxylation is 2. The van der Waals surface area contributed by atoms with Crippen LogP contribution in [-0.4, -0.2) is 44.3 Å². The molecule has 2 aromatic heterocycles. The Morgan fingerprint density at radius 3 is 2.87 bits per heavy atom. The molecule has 0 unspecified atom stereocenters. The molecule has 0 aliphatic rings. The summed E-state index contributed by atoms with van der Waals surface area (Å²) >= 11 is 0. The summed E-state index contributed by atoms with van der Waals surface area (Å²) in [5.41, 5.74) is 4.39. The molecule has 0 amide bonds. The molecular formula is C22H26N8. The second-order valence-electron chi connectivity index (χ2n) is 7.04. The van der Waals surface area contributed by atoms with E-state index in [0.29, 0.717) is 6.54 Å². The van der Waals surface area contributed by atoms with Gasteiger partial charge >= 0.3 is 0 Å². The van der Waals surface area contributed by atoms with Crippen molar-refractivity contribution in [2.75, 3.05) is 13.6 Å². The van der Waals surface area contributed by atoms with E-state index in [1.165, 1.54) is 11.8 Å². The van der Waals surface area contributed by atoms with Gasteiger partial charge in [-0.25, -0.2) is 9.97 Å². The number of fused-ring (bicyclic) bond motifs is 1. The van der Waals surface area contributed by atoms with E-state index in [1.54, 1.807) is 7.05 Å². The first-order valence-corrected chi connectivity index (χ1v) is 10.1. The minimum atomic E-state index is 0.674. The van der Waals surface area contributed by atoms with Gasteiger partial charge < -0.3 is 15.2 Å². The Hall–Kier alpha value is -3.68. The van der Waals surface area contributed by atoms with Gasteiger partial charge in [0.05, 0.1) is 11.0 Å². The van der Waals surface area contributed by atoms with E-state index in [2.05, 4.69) is 77.6 Å². The second-order valence-corrected chi connectivity index (χ2v) is 7.04. The van der Waals surface area contributed by atoms with E-state index in [1.807, 2.05) is 18.2 Å². The standard InChI is InChI=1S/C22H26N8/c1-16-28-19-9-3-4-10-20(19)30(16)12-6-11-24-22(23-2)25-14-17-7-5-8-18(13-17)21-26-15-27-29-21/h3-5,7-10,13,15H,6,11-12,14H2,1-2H3,(H2,23,24,25)(H,26,27,29). The molecule has 154 valence electrons. The van der Waals surface area contributed by atoms with Crippen LogP contribution in [0.4, 0.5) is 0 Å². The number of H-pyrrole nitrogens is 1. The highest BCUT2D eigenvalue weighted by molar-refractivity contribution is 5.79. The Kier molecular flexibility index (Phi) is 6.03. The highest BCUT2D eigenvalue weighted by Gasteiger charge is 2.06. The summed E-state index contributed by atoms with van der Waals surface area (Å²) in [5, 5.41) is 13.6. The summed E-state index contributed by atoms with van der Waals surface area (Å²) < 4.78 is 2.27. The minimum Gasteiger partial charge on any atom is -0.356 e. The third kappa shape index (κ3) is 4.48. The molecule has 0 spiro atoms. The number of benzene rings is 2. The van der Waals surface area contributed by atoms with Crippen molar-refractivity contribution in [2.24, 2.45) is 4.99 Å². The van der Waals surface area contributed by atoms with Crippen molar-refractivity contribution in [1.29, 1.82) is 0 Å². The van der Waals surface area contributed by atoms with Crippen LogP contribution in [0.3, 0.4) is 0 Å². The van der Waals surface area contributed by atoms with Crippen molar-refractivity contribution < 1.29 is 0 Å². The lowest BCUT2D eigenvalue weighted by molar-refractivity contribution is 0.624. The maximum atomic E-state index is 4.63. The van der Waals surface area contributed by atoms with Gasteiger partial charge in [0.2, 0.25) is 0 Å². The molecule has 2 heterocycles. The lowest BCUT2D eigenvalue weighted by Crippen LogP contribution is -2.37. The van der Waals surface area contributed by atoms with Crippen molar-refractivity contribution >= 4 is 17.0 Å². The molecule has 8 heteroatoms. The third-order valence-electron chi connectivity index (χ3n) is 5.00. The number of aromatic nitrogens is 5. The molecule has 30 heavy (non-hydrogen) atoms. The van der Waals surface area contributed by atoms with Crippen LogP contribution in [0.1, 0.15) is 17.8 Å². The van der Waals surface area contributed by atoms with Crippen molar-refractivity contribution in [1.82, 2.24) is 35.4 Å². The normalized spacial score (nSPS) is 11.7. The van der Waals surface area contributed by atoms with E-state index >= 15 is 0 Å². The van der Waals surface area contributed by atoms with Crippen LogP contribution in [0.2, 0.25) is 0 Å². The van der Waals surface area contributed by atoms with Gasteiger partial charge in [-0.1, -0.05) is 30.3 Å². The molecule has 0 bridgehead atoms. The Labute approximate surface area is 175 Å². The van der Waals surface area contributed by atoms with Crippen molar-refractivity contribution in [3.63, 3.8) is 0 Å². The fraction of sp³-hybridized carbons (Fsp3) is 0.273. The maximum Gasteiger partial charge on any atom is 0.191 e. The van der Waals surface area contributed by atoms with Gasteiger partial charge in [0.25, 0.3) is 0 Å². The topological polar surface area (TPSA) is 95.8 Å². The molecular weight excluding hydrogens is 376 g/mol. The zero-order valence-corrected chi connectivity index (χ0v) is 17.3. The monoisotopic (exact) mass is 402 g/mol. The third-order valence-corrected chi connectivity index (χ3v) is 5.00. The molecule has 0 aliphatic carbocycles. The number of aromatic amines is 1. The zero-order valence-electron chi connectivity index (χ0n) is 17.3. The van der Waals surface area contributed by atoms with Crippen LogP contribution >= 0.6 is 0 Å². The molecule has 2 aromatic carbocycles. The number of nitrogens with one attached hydrogen (secondary N) is 3. The number of guanidine groups is 1. The van der Waals surface area contributed by atoms with Crippen LogP contribution in [0.15, 0.2) is 59.9 Å². The van der Waals surface area contributed by atoms with E-state index in [4.69, 9.17) is 0 Å². The van der Waals surface area contributed by atoms with E-state index in [-0.39, 0.29) is 0 Å². The van der Waals surface area contributed by atoms with Crippen molar-refractivity contribution in [3.8, 4) is 11.4 Å². The van der Waals surface area contributed by atoms with Crippen LogP contribution in [0.5, 0.6) is 0 Å². The lowest BCUT2D eigenvalue weighted by Gasteiger charge is -2.13. The predicted octanol–water partition coefficient (Wildman–Crippen LogP) is 2.89. The second kappa shape index (κ2) is 9.21. The summed E-state index contributed by atoms with van der Waals surface area (Å²) in [5.74, 6) is 2.60. The average Bonchev–Trinajstić information content (AvgIpc) is 3.41. The molecule has 3 N–H and O–H groups in total. The summed E-state index contributed by atoms with van der Waals surface area (Å²) in [6.07, 6.45) is 2.49. The number of para-hydroxylation sites is 2. The smallest absolute Gasteiger partial charge is 0.191 e. The largest absolute Gasteiger partial charge is 0.356 e. The first-order chi connectivity index (χ1) is 14.7. The fourth-order valence-corrected chi connectivity index (χ4v) is 3.50. The van der Waals surface area contributed by atoms with Gasteiger partial charge in [0.1, 0.15) is 12.2 Å². The van der Waals surface area contributed by atoms with E-state index < -0.39 is 0 Å². The van der Waals surface area contributed by atoms with Gasteiger partial charge in [0.15, 0.2) is 11.8 Å². The molecule has 0 radical (unpaired) electrons. The van der Waals surface area contributed by atoms with E-state index in [0.717, 1.165) is 53.8 Å². The van der Waals surface area contributed by atoms with Gasteiger partial charge in [-0.2, -0.15) is 5.10 Å². The van der Waals surface area contributed by atoms with Crippen molar-refractivity contribution in [3.05, 3.63) is 66.2 Å². The highest BCUT2D eigenvalue weighted by Crippen LogP contribution is 2.16. The molecule has 0 saturated heterocycles. The molecule has 4 aromatic rings. The number of nitrogens with zero attached hydrogens (tertiary/aromatic N) is 5. The fourth-order valence-electron chi connectivity index (χ4n) is 3.50. The van der Waals surface area contributed by atoms with Crippen LogP contribution in [0, 0.1) is 6.92 Å². The van der Waals surface area contributed by atoms with Crippen LogP contribution in [0.25, 0.3) is 22.4 Å². The maximum absolute atomic E-state index is 4.63. The van der Waals surface area contributed by atoms with Gasteiger partial charge in [0, 0.05) is 32.2 Å². The summed E-state index contributed by atoms with van der Waals surface area (Å²) in [6, 6.07) is 16.5. The number of rotatable bonds is 7. The highest BCUT2D eigenvalue weighted by atomic mass is 15.2. The molecule has 0 aliphatic heterocycles. The Morgan fingerprint density at radius 1 is 1.13 bits per heavy atom. The summed E-state index contributed by atoms with van der Waals surface area (Å²) in [6.45, 7) is 4.47. The van der Waals surface area contributed by atoms with Gasteiger partial charge in [-0.05, 0) is 37.1 Å². The van der Waals surface area contributed by atoms with Gasteiger partial charge in [-0.3, -0.25) is 10.1 Å². The first-order valence-electron chi connectivity index (χ1n) is 10.1. The molecule has 0 atom stereocenters. The predicted molar refractivity (Wildman–Crippen MR) is 119 cm³/mol. The summed E-state index contributed by atoms with van der Waals surface area (Å²) in [7, 11) is 1.79. The quantitative estimate of drug-likeness (QED) is 0.251. The number of hydrogen-bond acceptors (Lipinski definition) is 4. The Balaban J connectivity index is 1.27. The molecule has 4 rings (SSSR count). The van der Waals surface area contributed by atoms with Crippen LogP contribution in [-0.2, 0) is 13.1 Å². The zero-order chi connectivity index (χ0) is 20.8. The molecule has 0 saturated carbocycles. The Morgan fingerprint density at radius 2 is 2.03 bits per heavy atom. The Bertz CT molecular complexity index is 1130. The lowest BCUT2D eigenvalue weighted by atomic mass is 10.1. The average molecular weight is 403 g/mol. The summed E-state index contributed by atoms with van der Waals surface area (Å²) in [4.78, 5) is 13.2. The number of imidazole rings is 1. The minimum absolute atomic E-state index is 0.674. The number of aliphatic imine (C=N–C) groups is 1. The SMILES string of the molecule is CN=C(NCCCn1c(C)nc2ccccc21)NCc1cccc(-c2ncn[nH]2)c1. The van der Waals surface area contributed by atoms with E-state index in [9.17, 15) is 0 Å². The number of hydrogen-bond donors (Lipinski definition) is 3. The molecule has 0 fully saturated rings.